The van der Waals surface area contributed by atoms with E-state index in [9.17, 15) is 13.2 Å². The third-order valence-electron chi connectivity index (χ3n) is 5.40. The van der Waals surface area contributed by atoms with Crippen LogP contribution in [0.15, 0.2) is 59.3 Å². The van der Waals surface area contributed by atoms with E-state index in [2.05, 4.69) is 4.98 Å². The Hall–Kier alpha value is -3.52. The van der Waals surface area contributed by atoms with Gasteiger partial charge in [0.2, 0.25) is 5.82 Å². The van der Waals surface area contributed by atoms with Gasteiger partial charge >= 0.3 is 0 Å². The Kier molecular flexibility index (Phi) is 6.84. The molecule has 172 valence electrons. The minimum atomic E-state index is -1.58. The molecule has 1 atom stereocenters. The molecule has 2 aromatic heterocycles. The first kappa shape index (κ1) is 22.7. The lowest BCUT2D eigenvalue weighted by Gasteiger charge is -2.12. The minimum Gasteiger partial charge on any atom is -0.493 e. The van der Waals surface area contributed by atoms with Crippen molar-refractivity contribution in [1.29, 1.82) is 0 Å². The van der Waals surface area contributed by atoms with Gasteiger partial charge in [0.1, 0.15) is 23.7 Å². The molecule has 5 nitrogen and oxygen atoms in total. The van der Waals surface area contributed by atoms with E-state index in [4.69, 9.17) is 19.6 Å². The van der Waals surface area contributed by atoms with Gasteiger partial charge in [0.15, 0.2) is 17.4 Å². The molecule has 0 radical (unpaired) electrons. The van der Waals surface area contributed by atoms with E-state index in [-0.39, 0.29) is 12.6 Å². The summed E-state index contributed by atoms with van der Waals surface area (Å²) in [7, 11) is 0. The fraction of sp³-hybridized carbons (Fsp3) is 0.240. The van der Waals surface area contributed by atoms with Gasteiger partial charge in [-0.3, -0.25) is 4.98 Å². The first-order valence-electron chi connectivity index (χ1n) is 10.5. The van der Waals surface area contributed by atoms with E-state index in [1.807, 2.05) is 31.2 Å². The lowest BCUT2D eigenvalue weighted by molar-refractivity contribution is 0.255. The molecule has 8 heteroatoms. The van der Waals surface area contributed by atoms with Crippen molar-refractivity contribution in [3.63, 3.8) is 0 Å². The number of pyridine rings is 1. The Morgan fingerprint density at radius 1 is 1.00 bits per heavy atom. The smallest absolute Gasteiger partial charge is 0.203 e. The number of hydrogen-bond acceptors (Lipinski definition) is 5. The van der Waals surface area contributed by atoms with Gasteiger partial charge in [-0.05, 0) is 55.7 Å². The van der Waals surface area contributed by atoms with Crippen LogP contribution >= 0.6 is 0 Å². The molecule has 0 aliphatic heterocycles. The number of halogens is 3. The van der Waals surface area contributed by atoms with Crippen molar-refractivity contribution in [1.82, 2.24) is 4.98 Å². The second-order valence-electron chi connectivity index (χ2n) is 7.63. The number of ether oxygens (including phenoxy) is 2. The zero-order chi connectivity index (χ0) is 23.4. The molecule has 0 spiro atoms. The van der Waals surface area contributed by atoms with Crippen LogP contribution < -0.4 is 15.2 Å². The van der Waals surface area contributed by atoms with E-state index in [1.165, 1.54) is 0 Å². The fourth-order valence-corrected chi connectivity index (χ4v) is 3.58. The third-order valence-corrected chi connectivity index (χ3v) is 5.40. The van der Waals surface area contributed by atoms with Gasteiger partial charge in [-0.2, -0.15) is 4.39 Å². The van der Waals surface area contributed by atoms with Crippen LogP contribution in [0.25, 0.3) is 11.0 Å². The Balaban J connectivity index is 1.41. The molecule has 33 heavy (non-hydrogen) atoms. The molecule has 0 bridgehead atoms. The molecule has 4 rings (SSSR count). The molecule has 0 fully saturated rings. The number of nitrogens with two attached hydrogens (primary N) is 1. The highest BCUT2D eigenvalue weighted by Crippen LogP contribution is 2.34. The number of furan rings is 1. The number of rotatable bonds is 9. The van der Waals surface area contributed by atoms with Crippen LogP contribution in [0.2, 0.25) is 0 Å². The van der Waals surface area contributed by atoms with Gasteiger partial charge < -0.3 is 19.6 Å². The van der Waals surface area contributed by atoms with Crippen LogP contribution in [0.3, 0.4) is 0 Å². The quantitative estimate of drug-likeness (QED) is 0.247. The summed E-state index contributed by atoms with van der Waals surface area (Å²) < 4.78 is 57.6. The summed E-state index contributed by atoms with van der Waals surface area (Å²) in [5.41, 5.74) is 8.53. The largest absolute Gasteiger partial charge is 0.493 e. The first-order chi connectivity index (χ1) is 16.0. The van der Waals surface area contributed by atoms with Crippen molar-refractivity contribution in [3.8, 4) is 11.5 Å². The Bertz CT molecular complexity index is 1240. The number of hydrogen-bond donors (Lipinski definition) is 1. The summed E-state index contributed by atoms with van der Waals surface area (Å²) in [4.78, 5) is 4.09. The molecule has 0 saturated heterocycles. The van der Waals surface area contributed by atoms with Gasteiger partial charge in [-0.15, -0.1) is 0 Å². The molecule has 2 N–H and O–H groups in total. The lowest BCUT2D eigenvalue weighted by atomic mass is 10.1. The Morgan fingerprint density at radius 2 is 1.85 bits per heavy atom. The van der Waals surface area contributed by atoms with E-state index < -0.39 is 23.2 Å². The average Bonchev–Trinajstić information content (AvgIpc) is 3.16. The molecular formula is C25H23F3N2O3. The van der Waals surface area contributed by atoms with Gasteiger partial charge in [-0.25, -0.2) is 8.78 Å². The predicted octanol–water partition coefficient (Wildman–Crippen LogP) is 5.99. The van der Waals surface area contributed by atoms with Crippen molar-refractivity contribution < 1.29 is 27.1 Å². The average molecular weight is 456 g/mol. The zero-order valence-corrected chi connectivity index (χ0v) is 18.0. The lowest BCUT2D eigenvalue weighted by Crippen LogP contribution is -2.12. The van der Waals surface area contributed by atoms with Crippen molar-refractivity contribution in [2.75, 3.05) is 6.61 Å². The number of aryl methyl sites for hydroxylation is 1. The topological polar surface area (TPSA) is 70.5 Å². The van der Waals surface area contributed by atoms with Gasteiger partial charge in [0.25, 0.3) is 0 Å². The highest BCUT2D eigenvalue weighted by Gasteiger charge is 2.18. The molecule has 0 amide bonds. The van der Waals surface area contributed by atoms with Crippen LogP contribution in [0.4, 0.5) is 13.2 Å². The van der Waals surface area contributed by atoms with E-state index in [1.54, 1.807) is 18.5 Å². The molecule has 2 heterocycles. The van der Waals surface area contributed by atoms with Crippen LogP contribution in [0.1, 0.15) is 35.8 Å². The number of aromatic nitrogens is 1. The van der Waals surface area contributed by atoms with Crippen LogP contribution in [-0.4, -0.2) is 11.6 Å². The summed E-state index contributed by atoms with van der Waals surface area (Å²) in [5.74, 6) is -3.54. The first-order valence-corrected chi connectivity index (χ1v) is 10.5. The van der Waals surface area contributed by atoms with Crippen molar-refractivity contribution >= 4 is 11.0 Å². The van der Waals surface area contributed by atoms with Gasteiger partial charge in [0.05, 0.1) is 12.0 Å². The molecular weight excluding hydrogens is 433 g/mol. The summed E-state index contributed by atoms with van der Waals surface area (Å²) in [6.07, 6.45) is 4.96. The van der Waals surface area contributed by atoms with Crippen molar-refractivity contribution in [2.24, 2.45) is 5.73 Å². The summed E-state index contributed by atoms with van der Waals surface area (Å²) >= 11 is 0. The zero-order valence-electron chi connectivity index (χ0n) is 18.0. The maximum absolute atomic E-state index is 13.9. The monoisotopic (exact) mass is 456 g/mol. The second kappa shape index (κ2) is 9.95. The van der Waals surface area contributed by atoms with Crippen LogP contribution in [-0.2, 0) is 6.61 Å². The minimum absolute atomic E-state index is 0.116. The maximum atomic E-state index is 13.9. The maximum Gasteiger partial charge on any atom is 0.203 e. The second-order valence-corrected chi connectivity index (χ2v) is 7.63. The van der Waals surface area contributed by atoms with Crippen molar-refractivity contribution in [3.05, 3.63) is 89.2 Å². The fourth-order valence-electron chi connectivity index (χ4n) is 3.58. The summed E-state index contributed by atoms with van der Waals surface area (Å²) in [5, 5.41) is 0.776. The predicted molar refractivity (Wildman–Crippen MR) is 117 cm³/mol. The van der Waals surface area contributed by atoms with Crippen LogP contribution in [0.5, 0.6) is 11.5 Å². The normalized spacial score (nSPS) is 12.2. The number of nitrogens with zero attached hydrogens (tertiary/aromatic N) is 1. The standard InChI is InChI=1S/C25H23F3N2O3/c1-15-22(14-32-21-10-9-17(26)24(27)25(21)28)33-20-8-2-7-19(23(15)20)31-12-4-6-18(29)16-5-3-11-30-13-16/h2-3,5,7-11,13,18H,4,6,12,14,29H2,1H3. The summed E-state index contributed by atoms with van der Waals surface area (Å²) in [6.45, 7) is 2.14. The molecule has 0 saturated carbocycles. The highest BCUT2D eigenvalue weighted by atomic mass is 19.2. The van der Waals surface area contributed by atoms with Crippen molar-refractivity contribution in [2.45, 2.75) is 32.4 Å². The molecule has 0 aliphatic rings. The highest BCUT2D eigenvalue weighted by molar-refractivity contribution is 5.88. The third kappa shape index (κ3) is 4.96. The molecule has 1 unspecified atom stereocenters. The summed E-state index contributed by atoms with van der Waals surface area (Å²) in [6, 6.07) is 11.0. The van der Waals surface area contributed by atoms with E-state index in [0.717, 1.165) is 41.5 Å². The van der Waals surface area contributed by atoms with Gasteiger partial charge in [-0.1, -0.05) is 12.1 Å². The van der Waals surface area contributed by atoms with Crippen LogP contribution in [0, 0.1) is 24.4 Å². The Morgan fingerprint density at radius 3 is 2.64 bits per heavy atom. The molecule has 0 aliphatic carbocycles. The number of benzene rings is 2. The molecule has 4 aromatic rings. The molecule has 2 aromatic carbocycles. The van der Waals surface area contributed by atoms with Gasteiger partial charge in [0, 0.05) is 24.0 Å². The number of fused-ring (bicyclic) bond motifs is 1. The van der Waals surface area contributed by atoms with E-state index >= 15 is 0 Å². The SMILES string of the molecule is Cc1c(COc2ccc(F)c(F)c2F)oc2cccc(OCCCC(N)c3cccnc3)c12. The Labute approximate surface area is 188 Å². The van der Waals surface area contributed by atoms with E-state index in [0.29, 0.717) is 23.7 Å².